The van der Waals surface area contributed by atoms with Gasteiger partial charge in [0.2, 0.25) is 0 Å². The Morgan fingerprint density at radius 1 is 1.09 bits per heavy atom. The molecular weight excluding hydrogens is 423 g/mol. The molecule has 0 bridgehead atoms. The highest BCUT2D eigenvalue weighted by Gasteiger charge is 2.59. The van der Waals surface area contributed by atoms with Gasteiger partial charge in [-0.05, 0) is 125 Å². The van der Waals surface area contributed by atoms with Crippen LogP contribution in [0.5, 0.6) is 0 Å². The maximum atomic E-state index is 14.1. The Labute approximate surface area is 208 Å². The smallest absolute Gasteiger partial charge is 0.134 e. The maximum Gasteiger partial charge on any atom is 0.134 e. The van der Waals surface area contributed by atoms with E-state index in [9.17, 15) is 9.50 Å². The van der Waals surface area contributed by atoms with E-state index >= 15 is 0 Å². The Hall–Kier alpha value is -0.410. The molecule has 0 heterocycles. The van der Waals surface area contributed by atoms with Crippen LogP contribution in [0.4, 0.5) is 4.39 Å². The molecular formula is C31H51FO2. The second-order valence-corrected chi connectivity index (χ2v) is 14.5. The number of hydrogen-bond donors (Lipinski definition) is 1. The molecule has 3 heteroatoms. The fourth-order valence-corrected chi connectivity index (χ4v) is 9.35. The van der Waals surface area contributed by atoms with Crippen LogP contribution in [0.3, 0.4) is 0 Å². The largest absolute Gasteiger partial charge is 0.390 e. The van der Waals surface area contributed by atoms with Gasteiger partial charge in [0.25, 0.3) is 0 Å². The molecule has 0 aromatic heterocycles. The predicted molar refractivity (Wildman–Crippen MR) is 137 cm³/mol. The fourth-order valence-electron chi connectivity index (χ4n) is 9.35. The molecule has 5 aliphatic rings. The molecule has 0 amide bonds. The Kier molecular flexibility index (Phi) is 6.58. The van der Waals surface area contributed by atoms with Crippen molar-refractivity contribution in [2.75, 3.05) is 6.61 Å². The monoisotopic (exact) mass is 474 g/mol. The number of aliphatic hydroxyl groups is 1. The predicted octanol–water partition coefficient (Wildman–Crippen LogP) is 8.03. The van der Waals surface area contributed by atoms with Crippen LogP contribution in [0.25, 0.3) is 0 Å². The SMILES string of the molecule is C[C@H](CCCC(C)(C)O)[C@H]1CC[C@H]2[C@@H]3CC=C4C[C@@H](OCC5(F)CC5)CC[C@]4(C)[C@H]3CC[C@]12C. The molecule has 5 rings (SSSR count). The zero-order valence-electron chi connectivity index (χ0n) is 22.7. The first kappa shape index (κ1) is 25.2. The second-order valence-electron chi connectivity index (χ2n) is 14.5. The second kappa shape index (κ2) is 8.86. The first-order valence-corrected chi connectivity index (χ1v) is 14.7. The lowest BCUT2D eigenvalue weighted by Crippen LogP contribution is -2.51. The van der Waals surface area contributed by atoms with Gasteiger partial charge in [-0.15, -0.1) is 0 Å². The molecule has 34 heavy (non-hydrogen) atoms. The zero-order valence-corrected chi connectivity index (χ0v) is 22.7. The van der Waals surface area contributed by atoms with Crippen molar-refractivity contribution in [2.24, 2.45) is 40.4 Å². The average molecular weight is 475 g/mol. The maximum absolute atomic E-state index is 14.1. The Bertz CT molecular complexity index is 779. The van der Waals surface area contributed by atoms with E-state index in [0.717, 1.165) is 55.3 Å². The molecule has 0 radical (unpaired) electrons. The van der Waals surface area contributed by atoms with E-state index in [1.165, 1.54) is 44.9 Å². The van der Waals surface area contributed by atoms with Crippen molar-refractivity contribution in [3.63, 3.8) is 0 Å². The quantitative estimate of drug-likeness (QED) is 0.361. The molecule has 8 atom stereocenters. The molecule has 1 N–H and O–H groups in total. The molecule has 0 aromatic rings. The molecule has 5 aliphatic carbocycles. The lowest BCUT2D eigenvalue weighted by atomic mass is 9.47. The van der Waals surface area contributed by atoms with E-state index in [-0.39, 0.29) is 6.10 Å². The topological polar surface area (TPSA) is 29.5 Å². The minimum atomic E-state index is -0.995. The summed E-state index contributed by atoms with van der Waals surface area (Å²) in [7, 11) is 0. The van der Waals surface area contributed by atoms with Crippen LogP contribution in [0.15, 0.2) is 11.6 Å². The van der Waals surface area contributed by atoms with Crippen molar-refractivity contribution < 1.29 is 14.2 Å². The van der Waals surface area contributed by atoms with E-state index < -0.39 is 11.3 Å². The van der Waals surface area contributed by atoms with Crippen LogP contribution in [0.2, 0.25) is 0 Å². The van der Waals surface area contributed by atoms with Gasteiger partial charge in [0.05, 0.1) is 18.3 Å². The van der Waals surface area contributed by atoms with Gasteiger partial charge >= 0.3 is 0 Å². The lowest BCUT2D eigenvalue weighted by Gasteiger charge is -2.58. The third-order valence-corrected chi connectivity index (χ3v) is 11.6. The Morgan fingerprint density at radius 2 is 1.85 bits per heavy atom. The van der Waals surface area contributed by atoms with E-state index in [1.807, 2.05) is 13.8 Å². The van der Waals surface area contributed by atoms with Crippen LogP contribution in [0.1, 0.15) is 118 Å². The molecule has 0 aromatic carbocycles. The first-order chi connectivity index (χ1) is 15.9. The van der Waals surface area contributed by atoms with E-state index in [0.29, 0.717) is 30.3 Å². The summed E-state index contributed by atoms with van der Waals surface area (Å²) < 4.78 is 20.2. The van der Waals surface area contributed by atoms with Crippen molar-refractivity contribution >= 4 is 0 Å². The van der Waals surface area contributed by atoms with Gasteiger partial charge in [-0.25, -0.2) is 4.39 Å². The van der Waals surface area contributed by atoms with E-state index in [1.54, 1.807) is 5.57 Å². The fraction of sp³-hybridized carbons (Fsp3) is 0.935. The molecule has 0 spiro atoms. The highest BCUT2D eigenvalue weighted by Crippen LogP contribution is 2.67. The molecule has 0 unspecified atom stereocenters. The minimum absolute atomic E-state index is 0.235. The molecule has 194 valence electrons. The summed E-state index contributed by atoms with van der Waals surface area (Å²) in [5.74, 6) is 4.15. The summed E-state index contributed by atoms with van der Waals surface area (Å²) in [5, 5.41) is 10.1. The highest BCUT2D eigenvalue weighted by atomic mass is 19.1. The minimum Gasteiger partial charge on any atom is -0.390 e. The number of ether oxygens (including phenoxy) is 1. The van der Waals surface area contributed by atoms with Gasteiger partial charge in [0.15, 0.2) is 0 Å². The van der Waals surface area contributed by atoms with Gasteiger partial charge in [-0.2, -0.15) is 0 Å². The van der Waals surface area contributed by atoms with Gasteiger partial charge < -0.3 is 9.84 Å². The standard InChI is InChI=1S/C31H51FO2/c1-21(7-6-14-28(2,3)33)25-10-11-26-24-9-8-22-19-23(34-20-31(32)17-18-31)12-15-29(22,4)27(24)13-16-30(25,26)5/h8,21,23-27,33H,6-7,9-20H2,1-5H3/t21-,23+,24+,25-,26+,27+,29+,30-/m1/s1. The van der Waals surface area contributed by atoms with Gasteiger partial charge in [-0.1, -0.05) is 45.3 Å². The zero-order chi connectivity index (χ0) is 24.4. The summed E-state index contributed by atoms with van der Waals surface area (Å²) in [6.45, 7) is 11.9. The van der Waals surface area contributed by atoms with Crippen molar-refractivity contribution in [3.05, 3.63) is 11.6 Å². The number of halogens is 1. The lowest BCUT2D eigenvalue weighted by molar-refractivity contribution is -0.0686. The third-order valence-electron chi connectivity index (χ3n) is 11.6. The number of fused-ring (bicyclic) bond motifs is 5. The molecule has 0 saturated heterocycles. The molecule has 2 nitrogen and oxygen atoms in total. The van der Waals surface area contributed by atoms with E-state index in [4.69, 9.17) is 4.74 Å². The molecule has 4 fully saturated rings. The van der Waals surface area contributed by atoms with Crippen LogP contribution in [-0.2, 0) is 4.74 Å². The Morgan fingerprint density at radius 3 is 2.56 bits per heavy atom. The van der Waals surface area contributed by atoms with Gasteiger partial charge in [0.1, 0.15) is 5.67 Å². The number of rotatable bonds is 8. The van der Waals surface area contributed by atoms with Crippen LogP contribution in [0, 0.1) is 40.4 Å². The molecule has 0 aliphatic heterocycles. The van der Waals surface area contributed by atoms with Crippen molar-refractivity contribution in [2.45, 2.75) is 135 Å². The number of allylic oxidation sites excluding steroid dienone is 1. The van der Waals surface area contributed by atoms with Crippen molar-refractivity contribution in [1.29, 1.82) is 0 Å². The highest BCUT2D eigenvalue weighted by molar-refractivity contribution is 5.25. The summed E-state index contributed by atoms with van der Waals surface area (Å²) >= 11 is 0. The summed E-state index contributed by atoms with van der Waals surface area (Å²) in [6.07, 6.45) is 17.8. The summed E-state index contributed by atoms with van der Waals surface area (Å²) in [6, 6.07) is 0. The average Bonchev–Trinajstić information content (AvgIpc) is 3.38. The third kappa shape index (κ3) is 4.67. The van der Waals surface area contributed by atoms with Crippen LogP contribution >= 0.6 is 0 Å². The van der Waals surface area contributed by atoms with Gasteiger partial charge in [0, 0.05) is 0 Å². The van der Waals surface area contributed by atoms with E-state index in [2.05, 4.69) is 26.8 Å². The van der Waals surface area contributed by atoms with Crippen molar-refractivity contribution in [1.82, 2.24) is 0 Å². The van der Waals surface area contributed by atoms with Crippen LogP contribution < -0.4 is 0 Å². The van der Waals surface area contributed by atoms with Crippen molar-refractivity contribution in [3.8, 4) is 0 Å². The molecule has 4 saturated carbocycles. The number of alkyl halides is 1. The summed E-state index contributed by atoms with van der Waals surface area (Å²) in [4.78, 5) is 0. The normalized spacial score (nSPS) is 44.0. The van der Waals surface area contributed by atoms with Gasteiger partial charge in [-0.3, -0.25) is 0 Å². The van der Waals surface area contributed by atoms with Crippen LogP contribution in [-0.4, -0.2) is 29.1 Å². The Balaban J connectivity index is 1.24. The first-order valence-electron chi connectivity index (χ1n) is 14.7. The summed E-state index contributed by atoms with van der Waals surface area (Å²) in [5.41, 5.74) is 0.957. The number of hydrogen-bond acceptors (Lipinski definition) is 2.